The number of hydrogen-bond donors (Lipinski definition) is 1. The summed E-state index contributed by atoms with van der Waals surface area (Å²) in [5.41, 5.74) is 0. The molecule has 1 rings (SSSR count). The third kappa shape index (κ3) is 5.67. The fourth-order valence-electron chi connectivity index (χ4n) is 2.09. The average Bonchev–Trinajstić information content (AvgIpc) is 2.99. The van der Waals surface area contributed by atoms with E-state index in [0.717, 1.165) is 32.4 Å². The highest BCUT2D eigenvalue weighted by Crippen LogP contribution is 2.38. The lowest BCUT2D eigenvalue weighted by molar-refractivity contribution is 0.443. The molecule has 0 aliphatic heterocycles. The van der Waals surface area contributed by atoms with Crippen LogP contribution in [-0.2, 0) is 10.0 Å². The molecule has 1 fully saturated rings. The maximum absolute atomic E-state index is 12.0. The van der Waals surface area contributed by atoms with E-state index < -0.39 is 10.0 Å². The molecule has 1 saturated carbocycles. The standard InChI is InChI=1S/C13H28N2O2S/c1-4-7-14-8-5-6-9-18(16,17)15(3)11-13-10-12(13)2/h12-14H,4-11H2,1-3H3. The summed E-state index contributed by atoms with van der Waals surface area (Å²) >= 11 is 0. The Morgan fingerprint density at radius 2 is 1.94 bits per heavy atom. The van der Waals surface area contributed by atoms with Gasteiger partial charge in [-0.2, -0.15) is 0 Å². The van der Waals surface area contributed by atoms with E-state index in [1.54, 1.807) is 11.4 Å². The summed E-state index contributed by atoms with van der Waals surface area (Å²) in [4.78, 5) is 0. The molecule has 1 aliphatic carbocycles. The molecule has 2 unspecified atom stereocenters. The van der Waals surface area contributed by atoms with Gasteiger partial charge >= 0.3 is 0 Å². The molecule has 0 heterocycles. The molecule has 0 spiro atoms. The molecule has 2 atom stereocenters. The normalized spacial score (nSPS) is 23.6. The molecule has 0 saturated heterocycles. The van der Waals surface area contributed by atoms with Gasteiger partial charge in [-0.15, -0.1) is 0 Å². The van der Waals surface area contributed by atoms with Gasteiger partial charge in [0.2, 0.25) is 10.0 Å². The first-order valence-corrected chi connectivity index (χ1v) is 8.73. The van der Waals surface area contributed by atoms with Gasteiger partial charge < -0.3 is 5.32 Å². The number of sulfonamides is 1. The van der Waals surface area contributed by atoms with E-state index in [-0.39, 0.29) is 0 Å². The molecule has 4 nitrogen and oxygen atoms in total. The fourth-order valence-corrected chi connectivity index (χ4v) is 3.39. The third-order valence-electron chi connectivity index (χ3n) is 3.68. The van der Waals surface area contributed by atoms with Crippen molar-refractivity contribution in [3.8, 4) is 0 Å². The van der Waals surface area contributed by atoms with E-state index in [9.17, 15) is 8.42 Å². The molecule has 0 amide bonds. The second-order valence-corrected chi connectivity index (χ2v) is 7.72. The molecule has 0 aromatic heterocycles. The van der Waals surface area contributed by atoms with Crippen LogP contribution in [0.15, 0.2) is 0 Å². The summed E-state index contributed by atoms with van der Waals surface area (Å²) in [6.45, 7) is 6.96. The molecule has 0 radical (unpaired) electrons. The molecule has 18 heavy (non-hydrogen) atoms. The quantitative estimate of drug-likeness (QED) is 0.618. The van der Waals surface area contributed by atoms with E-state index in [0.29, 0.717) is 24.1 Å². The Bertz CT molecular complexity index is 330. The number of unbranched alkanes of at least 4 members (excludes halogenated alkanes) is 1. The van der Waals surface area contributed by atoms with Crippen molar-refractivity contribution in [1.82, 2.24) is 9.62 Å². The van der Waals surface area contributed by atoms with Crippen LogP contribution < -0.4 is 5.32 Å². The highest BCUT2D eigenvalue weighted by molar-refractivity contribution is 7.89. The smallest absolute Gasteiger partial charge is 0.213 e. The van der Waals surface area contributed by atoms with Crippen LogP contribution >= 0.6 is 0 Å². The predicted molar refractivity (Wildman–Crippen MR) is 76.1 cm³/mol. The van der Waals surface area contributed by atoms with Gasteiger partial charge in [-0.05, 0) is 50.6 Å². The Morgan fingerprint density at radius 3 is 2.50 bits per heavy atom. The van der Waals surface area contributed by atoms with Crippen molar-refractivity contribution < 1.29 is 8.42 Å². The molecule has 108 valence electrons. The summed E-state index contributed by atoms with van der Waals surface area (Å²) in [7, 11) is -1.31. The summed E-state index contributed by atoms with van der Waals surface area (Å²) in [5, 5.41) is 3.29. The molecule has 0 aromatic rings. The van der Waals surface area contributed by atoms with E-state index in [4.69, 9.17) is 0 Å². The summed E-state index contributed by atoms with van der Waals surface area (Å²) in [6.07, 6.45) is 4.00. The molecular formula is C13H28N2O2S. The van der Waals surface area contributed by atoms with E-state index in [1.165, 1.54) is 6.42 Å². The van der Waals surface area contributed by atoms with Crippen LogP contribution in [0.5, 0.6) is 0 Å². The van der Waals surface area contributed by atoms with Crippen LogP contribution in [0.1, 0.15) is 39.5 Å². The highest BCUT2D eigenvalue weighted by atomic mass is 32.2. The van der Waals surface area contributed by atoms with Gasteiger partial charge in [-0.1, -0.05) is 13.8 Å². The monoisotopic (exact) mass is 276 g/mol. The lowest BCUT2D eigenvalue weighted by Gasteiger charge is -2.17. The Morgan fingerprint density at radius 1 is 1.28 bits per heavy atom. The first-order chi connectivity index (χ1) is 8.47. The van der Waals surface area contributed by atoms with E-state index >= 15 is 0 Å². The van der Waals surface area contributed by atoms with Crippen LogP contribution in [0.3, 0.4) is 0 Å². The van der Waals surface area contributed by atoms with Crippen molar-refractivity contribution in [2.45, 2.75) is 39.5 Å². The maximum Gasteiger partial charge on any atom is 0.213 e. The van der Waals surface area contributed by atoms with Crippen LogP contribution in [0.4, 0.5) is 0 Å². The zero-order valence-corrected chi connectivity index (χ0v) is 12.8. The predicted octanol–water partition coefficient (Wildman–Crippen LogP) is 1.68. The molecule has 1 aliphatic rings. The number of nitrogens with one attached hydrogen (secondary N) is 1. The minimum absolute atomic E-state index is 0.290. The molecule has 5 heteroatoms. The lowest BCUT2D eigenvalue weighted by Crippen LogP contribution is -2.31. The summed E-state index contributed by atoms with van der Waals surface area (Å²) < 4.78 is 25.5. The van der Waals surface area contributed by atoms with Crippen LogP contribution in [0.2, 0.25) is 0 Å². The minimum Gasteiger partial charge on any atom is -0.317 e. The minimum atomic E-state index is -3.03. The summed E-state index contributed by atoms with van der Waals surface area (Å²) in [6, 6.07) is 0. The largest absolute Gasteiger partial charge is 0.317 e. The van der Waals surface area contributed by atoms with Gasteiger partial charge in [-0.3, -0.25) is 0 Å². The Hall–Kier alpha value is -0.130. The van der Waals surface area contributed by atoms with Crippen molar-refractivity contribution in [3.63, 3.8) is 0 Å². The number of nitrogens with zero attached hydrogens (tertiary/aromatic N) is 1. The maximum atomic E-state index is 12.0. The zero-order chi connectivity index (χ0) is 13.6. The van der Waals surface area contributed by atoms with Crippen molar-refractivity contribution in [2.24, 2.45) is 11.8 Å². The fraction of sp³-hybridized carbons (Fsp3) is 1.00. The van der Waals surface area contributed by atoms with Crippen molar-refractivity contribution in [3.05, 3.63) is 0 Å². The van der Waals surface area contributed by atoms with Gasteiger partial charge in [0, 0.05) is 13.6 Å². The van der Waals surface area contributed by atoms with Crippen LogP contribution in [0, 0.1) is 11.8 Å². The molecular weight excluding hydrogens is 248 g/mol. The van der Waals surface area contributed by atoms with E-state index in [1.807, 2.05) is 0 Å². The average molecular weight is 276 g/mol. The van der Waals surface area contributed by atoms with Crippen LogP contribution in [0.25, 0.3) is 0 Å². The molecule has 1 N–H and O–H groups in total. The first-order valence-electron chi connectivity index (χ1n) is 7.12. The third-order valence-corrected chi connectivity index (χ3v) is 5.58. The molecule has 0 bridgehead atoms. The van der Waals surface area contributed by atoms with Gasteiger partial charge in [0.05, 0.1) is 5.75 Å². The molecule has 0 aromatic carbocycles. The summed E-state index contributed by atoms with van der Waals surface area (Å²) in [5.74, 6) is 1.59. The second kappa shape index (κ2) is 7.46. The first kappa shape index (κ1) is 15.9. The van der Waals surface area contributed by atoms with Crippen LogP contribution in [-0.4, -0.2) is 45.2 Å². The van der Waals surface area contributed by atoms with E-state index in [2.05, 4.69) is 19.2 Å². The SMILES string of the molecule is CCCNCCCCS(=O)(=O)N(C)CC1CC1C. The zero-order valence-electron chi connectivity index (χ0n) is 12.0. The van der Waals surface area contributed by atoms with Crippen molar-refractivity contribution >= 4 is 10.0 Å². The Kier molecular flexibility index (Phi) is 6.60. The van der Waals surface area contributed by atoms with Gasteiger partial charge in [0.1, 0.15) is 0 Å². The topological polar surface area (TPSA) is 49.4 Å². The second-order valence-electron chi connectivity index (χ2n) is 5.53. The van der Waals surface area contributed by atoms with Crippen molar-refractivity contribution in [2.75, 3.05) is 32.4 Å². The van der Waals surface area contributed by atoms with Gasteiger partial charge in [-0.25, -0.2) is 12.7 Å². The van der Waals surface area contributed by atoms with Gasteiger partial charge in [0.25, 0.3) is 0 Å². The Balaban J connectivity index is 2.14. The highest BCUT2D eigenvalue weighted by Gasteiger charge is 2.35. The van der Waals surface area contributed by atoms with Crippen molar-refractivity contribution in [1.29, 1.82) is 0 Å². The number of hydrogen-bond acceptors (Lipinski definition) is 3. The van der Waals surface area contributed by atoms with Gasteiger partial charge in [0.15, 0.2) is 0 Å². The lowest BCUT2D eigenvalue weighted by atomic mass is 10.3. The number of rotatable bonds is 10. The Labute approximate surface area is 112 Å².